The van der Waals surface area contributed by atoms with E-state index in [2.05, 4.69) is 20.3 Å². The number of halogens is 1. The summed E-state index contributed by atoms with van der Waals surface area (Å²) < 4.78 is 1.64. The summed E-state index contributed by atoms with van der Waals surface area (Å²) in [5.41, 5.74) is 3.75. The molecule has 22 heavy (non-hydrogen) atoms. The third-order valence-electron chi connectivity index (χ3n) is 3.54. The molecule has 0 radical (unpaired) electrons. The number of hydrogen-bond acceptors (Lipinski definition) is 4. The Morgan fingerprint density at radius 1 is 1.23 bits per heavy atom. The maximum atomic E-state index is 11.8. The van der Waals surface area contributed by atoms with Gasteiger partial charge in [-0.1, -0.05) is 23.7 Å². The van der Waals surface area contributed by atoms with Crippen LogP contribution in [0.4, 0.5) is 0 Å². The van der Waals surface area contributed by atoms with Crippen LogP contribution in [0.5, 0.6) is 0 Å². The highest BCUT2D eigenvalue weighted by Gasteiger charge is 2.16. The van der Waals surface area contributed by atoms with Gasteiger partial charge >= 0.3 is 0 Å². The molecule has 4 aromatic rings. The highest BCUT2D eigenvalue weighted by atomic mass is 35.5. The number of rotatable bonds is 1. The molecule has 1 aromatic carbocycles. The molecule has 3 heterocycles. The average Bonchev–Trinajstić information content (AvgIpc) is 2.84. The molecule has 7 heteroatoms. The molecule has 0 aliphatic rings. The SMILES string of the molecule is Cc1nn2c(nnc3c(=O)[nH]ccc32)c1-c1cccc(Cl)c1. The monoisotopic (exact) mass is 311 g/mol. The number of benzene rings is 1. The van der Waals surface area contributed by atoms with Crippen molar-refractivity contribution in [3.8, 4) is 11.1 Å². The highest BCUT2D eigenvalue weighted by molar-refractivity contribution is 6.30. The van der Waals surface area contributed by atoms with Crippen molar-refractivity contribution >= 4 is 28.3 Å². The van der Waals surface area contributed by atoms with Crippen LogP contribution in [0, 0.1) is 6.92 Å². The van der Waals surface area contributed by atoms with Gasteiger partial charge in [-0.15, -0.1) is 10.2 Å². The summed E-state index contributed by atoms with van der Waals surface area (Å²) in [7, 11) is 0. The van der Waals surface area contributed by atoms with Crippen LogP contribution in [0.15, 0.2) is 41.3 Å². The smallest absolute Gasteiger partial charge is 0.277 e. The molecule has 0 unspecified atom stereocenters. The third kappa shape index (κ3) is 1.81. The van der Waals surface area contributed by atoms with Crippen molar-refractivity contribution < 1.29 is 0 Å². The lowest BCUT2D eigenvalue weighted by Crippen LogP contribution is -2.10. The number of aromatic nitrogens is 5. The van der Waals surface area contributed by atoms with Crippen molar-refractivity contribution in [3.63, 3.8) is 0 Å². The van der Waals surface area contributed by atoms with Gasteiger partial charge in [0.2, 0.25) is 0 Å². The molecule has 3 aromatic heterocycles. The molecule has 108 valence electrons. The number of aromatic amines is 1. The Morgan fingerprint density at radius 2 is 2.09 bits per heavy atom. The number of nitrogens with one attached hydrogen (secondary N) is 1. The standard InChI is InChI=1S/C15H10ClN5O/c1-8-12(9-3-2-4-10(16)7-9)14-19-18-13-11(21(14)20-8)5-6-17-15(13)22/h2-7H,1H3,(H,17,22). The van der Waals surface area contributed by atoms with Crippen LogP contribution in [0.2, 0.25) is 5.02 Å². The fraction of sp³-hybridized carbons (Fsp3) is 0.0667. The summed E-state index contributed by atoms with van der Waals surface area (Å²) in [6.45, 7) is 1.89. The summed E-state index contributed by atoms with van der Waals surface area (Å²) in [6, 6.07) is 9.24. The molecule has 0 amide bonds. The molecule has 0 aliphatic carbocycles. The maximum absolute atomic E-state index is 11.8. The summed E-state index contributed by atoms with van der Waals surface area (Å²) in [5.74, 6) is 0. The Labute approximate surface area is 129 Å². The second kappa shape index (κ2) is 4.64. The molecule has 0 atom stereocenters. The van der Waals surface area contributed by atoms with Crippen molar-refractivity contribution in [1.29, 1.82) is 0 Å². The first-order valence-electron chi connectivity index (χ1n) is 6.64. The van der Waals surface area contributed by atoms with Crippen molar-refractivity contribution in [1.82, 2.24) is 24.8 Å². The normalized spacial score (nSPS) is 11.4. The van der Waals surface area contributed by atoms with E-state index in [4.69, 9.17) is 11.6 Å². The molecule has 0 bridgehead atoms. The van der Waals surface area contributed by atoms with E-state index < -0.39 is 0 Å². The van der Waals surface area contributed by atoms with Crippen molar-refractivity contribution in [2.75, 3.05) is 0 Å². The number of H-pyrrole nitrogens is 1. The van der Waals surface area contributed by atoms with E-state index in [0.29, 0.717) is 16.2 Å². The first kappa shape index (κ1) is 13.0. The predicted octanol–water partition coefficient (Wildman–Crippen LogP) is 2.59. The first-order valence-corrected chi connectivity index (χ1v) is 7.02. The van der Waals surface area contributed by atoms with Gasteiger partial charge in [0, 0.05) is 11.2 Å². The van der Waals surface area contributed by atoms with Crippen molar-refractivity contribution in [2.45, 2.75) is 6.92 Å². The minimum atomic E-state index is -0.288. The van der Waals surface area contributed by atoms with Crippen LogP contribution in [0.3, 0.4) is 0 Å². The molecule has 4 rings (SSSR count). The number of pyridine rings is 1. The van der Waals surface area contributed by atoms with Crippen LogP contribution in [0.25, 0.3) is 27.8 Å². The van der Waals surface area contributed by atoms with Gasteiger partial charge in [0.15, 0.2) is 11.2 Å². The average molecular weight is 312 g/mol. The molecule has 0 saturated heterocycles. The van der Waals surface area contributed by atoms with Gasteiger partial charge in [-0.2, -0.15) is 5.10 Å². The van der Waals surface area contributed by atoms with E-state index >= 15 is 0 Å². The molecule has 0 saturated carbocycles. The largest absolute Gasteiger partial charge is 0.327 e. The Balaban J connectivity index is 2.13. The molecule has 0 spiro atoms. The number of aryl methyl sites for hydroxylation is 1. The highest BCUT2D eigenvalue weighted by Crippen LogP contribution is 2.29. The number of fused-ring (bicyclic) bond motifs is 3. The van der Waals surface area contributed by atoms with Gasteiger partial charge in [-0.3, -0.25) is 4.79 Å². The quantitative estimate of drug-likeness (QED) is 0.586. The lowest BCUT2D eigenvalue weighted by atomic mass is 10.1. The zero-order valence-electron chi connectivity index (χ0n) is 11.5. The van der Waals surface area contributed by atoms with E-state index in [-0.39, 0.29) is 11.1 Å². The Kier molecular flexibility index (Phi) is 2.74. The van der Waals surface area contributed by atoms with Gasteiger partial charge in [-0.25, -0.2) is 4.52 Å². The summed E-state index contributed by atoms with van der Waals surface area (Å²) in [6.07, 6.45) is 1.57. The van der Waals surface area contributed by atoms with E-state index in [9.17, 15) is 4.79 Å². The van der Waals surface area contributed by atoms with Gasteiger partial charge in [0.05, 0.1) is 11.3 Å². The van der Waals surface area contributed by atoms with Crippen LogP contribution in [-0.2, 0) is 0 Å². The van der Waals surface area contributed by atoms with E-state index in [1.807, 2.05) is 31.2 Å². The Hall–Kier alpha value is -2.73. The minimum Gasteiger partial charge on any atom is -0.327 e. The van der Waals surface area contributed by atoms with Crippen molar-refractivity contribution in [2.24, 2.45) is 0 Å². The molecular weight excluding hydrogens is 302 g/mol. The molecule has 0 fully saturated rings. The van der Waals surface area contributed by atoms with Gasteiger partial charge < -0.3 is 4.98 Å². The predicted molar refractivity (Wildman–Crippen MR) is 84.1 cm³/mol. The second-order valence-corrected chi connectivity index (χ2v) is 5.38. The van der Waals surface area contributed by atoms with Crippen molar-refractivity contribution in [3.05, 3.63) is 57.6 Å². The van der Waals surface area contributed by atoms with Crippen LogP contribution >= 0.6 is 11.6 Å². The maximum Gasteiger partial charge on any atom is 0.277 e. The second-order valence-electron chi connectivity index (χ2n) is 4.95. The van der Waals surface area contributed by atoms with Crippen LogP contribution < -0.4 is 5.56 Å². The summed E-state index contributed by atoms with van der Waals surface area (Å²) >= 11 is 6.07. The van der Waals surface area contributed by atoms with Gasteiger partial charge in [0.1, 0.15) is 5.52 Å². The fourth-order valence-electron chi connectivity index (χ4n) is 2.58. The number of nitrogens with zero attached hydrogens (tertiary/aromatic N) is 4. The minimum absolute atomic E-state index is 0.259. The van der Waals surface area contributed by atoms with E-state index in [1.54, 1.807) is 16.8 Å². The van der Waals surface area contributed by atoms with E-state index in [0.717, 1.165) is 16.8 Å². The van der Waals surface area contributed by atoms with Crippen LogP contribution in [-0.4, -0.2) is 24.8 Å². The zero-order valence-corrected chi connectivity index (χ0v) is 12.3. The molecular formula is C15H10ClN5O. The zero-order chi connectivity index (χ0) is 15.3. The topological polar surface area (TPSA) is 75.9 Å². The molecule has 0 aliphatic heterocycles. The summed E-state index contributed by atoms with van der Waals surface area (Å²) in [5, 5.41) is 13.4. The lowest BCUT2D eigenvalue weighted by molar-refractivity contribution is 0.920. The van der Waals surface area contributed by atoms with Crippen LogP contribution in [0.1, 0.15) is 5.69 Å². The Bertz CT molecular complexity index is 1080. The lowest BCUT2D eigenvalue weighted by Gasteiger charge is -2.01. The summed E-state index contributed by atoms with van der Waals surface area (Å²) in [4.78, 5) is 14.4. The molecule has 1 N–H and O–H groups in total. The fourth-order valence-corrected chi connectivity index (χ4v) is 2.77. The third-order valence-corrected chi connectivity index (χ3v) is 3.77. The Morgan fingerprint density at radius 3 is 2.91 bits per heavy atom. The van der Waals surface area contributed by atoms with Gasteiger partial charge in [0.25, 0.3) is 5.56 Å². The van der Waals surface area contributed by atoms with Gasteiger partial charge in [-0.05, 0) is 30.7 Å². The van der Waals surface area contributed by atoms with E-state index in [1.165, 1.54) is 0 Å². The molecule has 6 nitrogen and oxygen atoms in total. The first-order chi connectivity index (χ1) is 10.6. The number of hydrogen-bond donors (Lipinski definition) is 1.